The normalized spacial score (nSPS) is 12.5. The zero-order valence-electron chi connectivity index (χ0n) is 7.44. The minimum absolute atomic E-state index is 0.267. The van der Waals surface area contributed by atoms with E-state index in [0.717, 1.165) is 4.21 Å². The first-order valence-corrected chi connectivity index (χ1v) is 5.62. The number of hydrogen-bond acceptors (Lipinski definition) is 4. The first-order valence-electron chi connectivity index (χ1n) is 3.86. The van der Waals surface area contributed by atoms with E-state index in [2.05, 4.69) is 0 Å². The minimum Gasteiger partial charge on any atom is -0.291 e. The standard InChI is InChI=1S/C9H10O2S2/c1-6(10)9(11)7(2)13-8-4-3-5-12-8/h3-5,7H,1-2H3. The van der Waals surface area contributed by atoms with Gasteiger partial charge in [-0.1, -0.05) is 6.07 Å². The van der Waals surface area contributed by atoms with E-state index in [1.165, 1.54) is 18.7 Å². The average molecular weight is 214 g/mol. The smallest absolute Gasteiger partial charge is 0.211 e. The molecule has 0 aromatic carbocycles. The molecule has 2 nitrogen and oxygen atoms in total. The Balaban J connectivity index is 2.55. The van der Waals surface area contributed by atoms with Gasteiger partial charge in [0.25, 0.3) is 0 Å². The molecule has 1 aromatic rings. The van der Waals surface area contributed by atoms with Gasteiger partial charge >= 0.3 is 0 Å². The Bertz CT molecular complexity index is 303. The van der Waals surface area contributed by atoms with Gasteiger partial charge in [0.05, 0.1) is 9.46 Å². The van der Waals surface area contributed by atoms with Crippen LogP contribution in [0, 0.1) is 0 Å². The Hall–Kier alpha value is -0.610. The molecule has 1 atom stereocenters. The van der Waals surface area contributed by atoms with Crippen molar-refractivity contribution in [3.63, 3.8) is 0 Å². The van der Waals surface area contributed by atoms with Gasteiger partial charge in [0.15, 0.2) is 5.78 Å². The second-order valence-corrected chi connectivity index (χ2v) is 5.20. The summed E-state index contributed by atoms with van der Waals surface area (Å²) in [7, 11) is 0. The molecule has 0 N–H and O–H groups in total. The highest BCUT2D eigenvalue weighted by atomic mass is 32.2. The van der Waals surface area contributed by atoms with Crippen LogP contribution >= 0.6 is 23.1 Å². The summed E-state index contributed by atoms with van der Waals surface area (Å²) in [4.78, 5) is 22.0. The van der Waals surface area contributed by atoms with E-state index in [-0.39, 0.29) is 16.8 Å². The van der Waals surface area contributed by atoms with Gasteiger partial charge in [0, 0.05) is 6.92 Å². The molecule has 4 heteroatoms. The summed E-state index contributed by atoms with van der Waals surface area (Å²) >= 11 is 3.01. The van der Waals surface area contributed by atoms with Crippen molar-refractivity contribution >= 4 is 34.7 Å². The Kier molecular flexibility index (Phi) is 3.69. The highest BCUT2D eigenvalue weighted by molar-refractivity contribution is 8.02. The van der Waals surface area contributed by atoms with Crippen LogP contribution in [0.4, 0.5) is 0 Å². The van der Waals surface area contributed by atoms with Crippen molar-refractivity contribution < 1.29 is 9.59 Å². The largest absolute Gasteiger partial charge is 0.291 e. The Morgan fingerprint density at radius 2 is 2.23 bits per heavy atom. The third kappa shape index (κ3) is 2.97. The maximum Gasteiger partial charge on any atom is 0.211 e. The van der Waals surface area contributed by atoms with E-state index in [4.69, 9.17) is 0 Å². The second-order valence-electron chi connectivity index (χ2n) is 2.61. The lowest BCUT2D eigenvalue weighted by atomic mass is 10.2. The number of carbonyl (C=O) groups excluding carboxylic acids is 2. The van der Waals surface area contributed by atoms with Crippen LogP contribution in [0.15, 0.2) is 21.7 Å². The van der Waals surface area contributed by atoms with Gasteiger partial charge in [-0.25, -0.2) is 0 Å². The van der Waals surface area contributed by atoms with Crippen molar-refractivity contribution in [3.8, 4) is 0 Å². The van der Waals surface area contributed by atoms with Crippen LogP contribution in [0.1, 0.15) is 13.8 Å². The van der Waals surface area contributed by atoms with Gasteiger partial charge in [-0.3, -0.25) is 9.59 Å². The van der Waals surface area contributed by atoms with Crippen LogP contribution in [0.2, 0.25) is 0 Å². The van der Waals surface area contributed by atoms with Crippen molar-refractivity contribution in [1.29, 1.82) is 0 Å². The molecule has 1 rings (SSSR count). The highest BCUT2D eigenvalue weighted by Crippen LogP contribution is 2.27. The zero-order valence-corrected chi connectivity index (χ0v) is 9.08. The molecular formula is C9H10O2S2. The maximum atomic E-state index is 11.2. The summed E-state index contributed by atoms with van der Waals surface area (Å²) in [5.74, 6) is -0.671. The van der Waals surface area contributed by atoms with Gasteiger partial charge in [0.1, 0.15) is 0 Å². The first kappa shape index (κ1) is 10.5. The fraction of sp³-hybridized carbons (Fsp3) is 0.333. The number of hydrogen-bond donors (Lipinski definition) is 0. The molecule has 1 unspecified atom stereocenters. The molecule has 0 saturated carbocycles. The molecule has 0 fully saturated rings. The highest BCUT2D eigenvalue weighted by Gasteiger charge is 2.18. The number of ketones is 2. The van der Waals surface area contributed by atoms with Crippen molar-refractivity contribution in [1.82, 2.24) is 0 Å². The van der Waals surface area contributed by atoms with E-state index in [1.807, 2.05) is 17.5 Å². The molecule has 0 spiro atoms. The van der Waals surface area contributed by atoms with E-state index in [1.54, 1.807) is 18.3 Å². The molecule has 1 heterocycles. The lowest BCUT2D eigenvalue weighted by molar-refractivity contribution is -0.134. The molecule has 0 bridgehead atoms. The minimum atomic E-state index is -0.364. The average Bonchev–Trinajstić information content (AvgIpc) is 2.55. The lowest BCUT2D eigenvalue weighted by Gasteiger charge is -2.04. The van der Waals surface area contributed by atoms with Gasteiger partial charge < -0.3 is 0 Å². The van der Waals surface area contributed by atoms with Gasteiger partial charge in [-0.05, 0) is 18.4 Å². The summed E-state index contributed by atoms with van der Waals surface area (Å²) in [5.41, 5.74) is 0. The molecular weight excluding hydrogens is 204 g/mol. The summed E-state index contributed by atoms with van der Waals surface area (Å²) in [6.07, 6.45) is 0. The van der Waals surface area contributed by atoms with E-state index < -0.39 is 0 Å². The van der Waals surface area contributed by atoms with Crippen molar-refractivity contribution in [3.05, 3.63) is 17.5 Å². The predicted octanol–water partition coefficient (Wildman–Crippen LogP) is 2.39. The molecule has 0 aliphatic heterocycles. The number of thiophene rings is 1. The fourth-order valence-corrected chi connectivity index (χ4v) is 2.89. The quantitative estimate of drug-likeness (QED) is 0.570. The topological polar surface area (TPSA) is 34.1 Å². The van der Waals surface area contributed by atoms with Crippen LogP contribution in [0.5, 0.6) is 0 Å². The first-order chi connectivity index (χ1) is 6.11. The molecule has 0 radical (unpaired) electrons. The van der Waals surface area contributed by atoms with E-state index >= 15 is 0 Å². The number of rotatable bonds is 4. The predicted molar refractivity (Wildman–Crippen MR) is 55.3 cm³/mol. The van der Waals surface area contributed by atoms with Crippen molar-refractivity contribution in [2.24, 2.45) is 0 Å². The second kappa shape index (κ2) is 4.58. The van der Waals surface area contributed by atoms with Crippen LogP contribution < -0.4 is 0 Å². The monoisotopic (exact) mass is 214 g/mol. The van der Waals surface area contributed by atoms with E-state index in [9.17, 15) is 9.59 Å². The van der Waals surface area contributed by atoms with E-state index in [0.29, 0.717) is 0 Å². The lowest BCUT2D eigenvalue weighted by Crippen LogP contribution is -2.20. The third-order valence-electron chi connectivity index (χ3n) is 1.50. The van der Waals surface area contributed by atoms with Crippen LogP contribution in [-0.4, -0.2) is 16.8 Å². The SMILES string of the molecule is CC(=O)C(=O)C(C)Sc1cccs1. The molecule has 0 aliphatic carbocycles. The zero-order chi connectivity index (χ0) is 9.84. The molecule has 13 heavy (non-hydrogen) atoms. The molecule has 1 aromatic heterocycles. The Labute approximate surface area is 85.3 Å². The van der Waals surface area contributed by atoms with Gasteiger partial charge in [-0.15, -0.1) is 23.1 Å². The van der Waals surface area contributed by atoms with Gasteiger partial charge in [0.2, 0.25) is 5.78 Å². The molecule has 0 saturated heterocycles. The molecule has 70 valence electrons. The number of carbonyl (C=O) groups is 2. The van der Waals surface area contributed by atoms with Crippen LogP contribution in [0.25, 0.3) is 0 Å². The maximum absolute atomic E-state index is 11.2. The molecule has 0 amide bonds. The summed E-state index contributed by atoms with van der Waals surface area (Å²) in [6.45, 7) is 3.07. The fourth-order valence-electron chi connectivity index (χ4n) is 0.845. The Morgan fingerprint density at radius 1 is 1.54 bits per heavy atom. The summed E-state index contributed by atoms with van der Waals surface area (Å²) in [6, 6.07) is 3.87. The molecule has 0 aliphatic rings. The number of Topliss-reactive ketones (excluding diaryl/α,β-unsaturated/α-hetero) is 2. The summed E-state index contributed by atoms with van der Waals surface area (Å²) in [5, 5.41) is 1.68. The van der Waals surface area contributed by atoms with Crippen LogP contribution in [-0.2, 0) is 9.59 Å². The number of thioether (sulfide) groups is 1. The van der Waals surface area contributed by atoms with Crippen molar-refractivity contribution in [2.45, 2.75) is 23.3 Å². The van der Waals surface area contributed by atoms with Crippen molar-refractivity contribution in [2.75, 3.05) is 0 Å². The Morgan fingerprint density at radius 3 is 2.69 bits per heavy atom. The summed E-state index contributed by atoms with van der Waals surface area (Å²) < 4.78 is 1.07. The van der Waals surface area contributed by atoms with Crippen LogP contribution in [0.3, 0.4) is 0 Å². The van der Waals surface area contributed by atoms with Gasteiger partial charge in [-0.2, -0.15) is 0 Å². The third-order valence-corrected chi connectivity index (χ3v) is 3.68.